The van der Waals surface area contributed by atoms with Gasteiger partial charge in [0.05, 0.1) is 12.3 Å². The van der Waals surface area contributed by atoms with Crippen molar-refractivity contribution in [3.05, 3.63) is 53.6 Å². The molecule has 4 heteroatoms. The molecule has 0 aliphatic rings. The molecule has 0 heterocycles. The van der Waals surface area contributed by atoms with E-state index in [0.717, 1.165) is 35.2 Å². The second-order valence-electron chi connectivity index (χ2n) is 4.29. The second-order valence-corrected chi connectivity index (χ2v) is 4.73. The Morgan fingerprint density at radius 2 is 1.80 bits per heavy atom. The molecule has 0 fully saturated rings. The number of hydrogen-bond acceptors (Lipinski definition) is 3. The first-order chi connectivity index (χ1) is 9.79. The maximum Gasteiger partial charge on any atom is 0.142 e. The molecule has 0 spiro atoms. The molecule has 0 saturated carbocycles. The van der Waals surface area contributed by atoms with Gasteiger partial charge in [-0.05, 0) is 37.3 Å². The van der Waals surface area contributed by atoms with Crippen LogP contribution in [0, 0.1) is 0 Å². The topological polar surface area (TPSA) is 33.3 Å². The van der Waals surface area contributed by atoms with Crippen molar-refractivity contribution in [2.24, 2.45) is 0 Å². The summed E-state index contributed by atoms with van der Waals surface area (Å²) in [6.07, 6.45) is 0. The van der Waals surface area contributed by atoms with Gasteiger partial charge < -0.3 is 15.4 Å². The van der Waals surface area contributed by atoms with Crippen LogP contribution in [0.1, 0.15) is 6.92 Å². The molecule has 0 bridgehead atoms. The predicted molar refractivity (Wildman–Crippen MR) is 86.0 cm³/mol. The van der Waals surface area contributed by atoms with Crippen LogP contribution in [0.15, 0.2) is 48.5 Å². The Labute approximate surface area is 124 Å². The van der Waals surface area contributed by atoms with Gasteiger partial charge in [0.25, 0.3) is 0 Å². The average molecular weight is 291 g/mol. The molecule has 0 saturated heterocycles. The second kappa shape index (κ2) is 7.65. The number of benzene rings is 2. The van der Waals surface area contributed by atoms with Gasteiger partial charge >= 0.3 is 0 Å². The Hall–Kier alpha value is -1.87. The summed E-state index contributed by atoms with van der Waals surface area (Å²) in [5, 5.41) is 7.42. The fraction of sp³-hybridized carbons (Fsp3) is 0.250. The predicted octanol–water partition coefficient (Wildman–Crippen LogP) is 4.26. The SMILES string of the molecule is CCOc1ccccc1NCCNc1cccc(Cl)c1. The molecule has 0 atom stereocenters. The number of ether oxygens (including phenoxy) is 1. The highest BCUT2D eigenvalue weighted by Crippen LogP contribution is 2.23. The van der Waals surface area contributed by atoms with Crippen LogP contribution in [-0.4, -0.2) is 19.7 Å². The quantitative estimate of drug-likeness (QED) is 0.748. The molecular weight excluding hydrogens is 272 g/mol. The Kier molecular flexibility index (Phi) is 5.56. The van der Waals surface area contributed by atoms with Crippen molar-refractivity contribution in [3.63, 3.8) is 0 Å². The normalized spacial score (nSPS) is 10.1. The highest BCUT2D eigenvalue weighted by molar-refractivity contribution is 6.30. The van der Waals surface area contributed by atoms with Crippen molar-refractivity contribution in [1.29, 1.82) is 0 Å². The summed E-state index contributed by atoms with van der Waals surface area (Å²) in [5.74, 6) is 0.887. The Morgan fingerprint density at radius 1 is 1.00 bits per heavy atom. The van der Waals surface area contributed by atoms with E-state index in [4.69, 9.17) is 16.3 Å². The third-order valence-corrected chi connectivity index (χ3v) is 3.02. The maximum atomic E-state index is 5.94. The number of anilines is 2. The van der Waals surface area contributed by atoms with E-state index in [2.05, 4.69) is 10.6 Å². The standard InChI is InChI=1S/C16H19ClN2O/c1-2-20-16-9-4-3-8-15(16)19-11-10-18-14-7-5-6-13(17)12-14/h3-9,12,18-19H,2,10-11H2,1H3. The third kappa shape index (κ3) is 4.35. The zero-order chi connectivity index (χ0) is 14.2. The minimum absolute atomic E-state index is 0.666. The first kappa shape index (κ1) is 14.5. The van der Waals surface area contributed by atoms with E-state index in [1.165, 1.54) is 0 Å². The third-order valence-electron chi connectivity index (χ3n) is 2.78. The van der Waals surface area contributed by atoms with Crippen LogP contribution in [0.5, 0.6) is 5.75 Å². The smallest absolute Gasteiger partial charge is 0.142 e. The van der Waals surface area contributed by atoms with Gasteiger partial charge in [0.1, 0.15) is 5.75 Å². The highest BCUT2D eigenvalue weighted by atomic mass is 35.5. The molecule has 2 aromatic rings. The summed E-state index contributed by atoms with van der Waals surface area (Å²) < 4.78 is 5.57. The van der Waals surface area contributed by atoms with Crippen LogP contribution < -0.4 is 15.4 Å². The largest absolute Gasteiger partial charge is 0.492 e. The van der Waals surface area contributed by atoms with Gasteiger partial charge in [-0.1, -0.05) is 29.8 Å². The summed E-state index contributed by atoms with van der Waals surface area (Å²) in [6, 6.07) is 15.7. The van der Waals surface area contributed by atoms with Gasteiger partial charge in [-0.3, -0.25) is 0 Å². The summed E-state index contributed by atoms with van der Waals surface area (Å²) >= 11 is 5.94. The summed E-state index contributed by atoms with van der Waals surface area (Å²) in [6.45, 7) is 4.26. The molecule has 0 aliphatic heterocycles. The van der Waals surface area contributed by atoms with E-state index < -0.39 is 0 Å². The van der Waals surface area contributed by atoms with E-state index in [-0.39, 0.29) is 0 Å². The number of halogens is 1. The molecule has 0 aromatic heterocycles. The van der Waals surface area contributed by atoms with Gasteiger partial charge in [0.15, 0.2) is 0 Å². The van der Waals surface area contributed by atoms with Gasteiger partial charge in [-0.2, -0.15) is 0 Å². The summed E-state index contributed by atoms with van der Waals surface area (Å²) in [5.41, 5.74) is 2.04. The molecule has 3 nitrogen and oxygen atoms in total. The van der Waals surface area contributed by atoms with E-state index in [1.54, 1.807) is 0 Å². The van der Waals surface area contributed by atoms with Crippen molar-refractivity contribution in [1.82, 2.24) is 0 Å². The van der Waals surface area contributed by atoms with E-state index in [1.807, 2.05) is 55.5 Å². The Bertz CT molecular complexity index is 546. The van der Waals surface area contributed by atoms with Gasteiger partial charge in [0.2, 0.25) is 0 Å². The van der Waals surface area contributed by atoms with Crippen molar-refractivity contribution >= 4 is 23.0 Å². The van der Waals surface area contributed by atoms with Crippen LogP contribution in [0.3, 0.4) is 0 Å². The van der Waals surface area contributed by atoms with Crippen molar-refractivity contribution < 1.29 is 4.74 Å². The van der Waals surface area contributed by atoms with Crippen LogP contribution >= 0.6 is 11.6 Å². The minimum atomic E-state index is 0.666. The van der Waals surface area contributed by atoms with Crippen molar-refractivity contribution in [3.8, 4) is 5.75 Å². The highest BCUT2D eigenvalue weighted by Gasteiger charge is 2.00. The minimum Gasteiger partial charge on any atom is -0.492 e. The van der Waals surface area contributed by atoms with Crippen molar-refractivity contribution in [2.75, 3.05) is 30.3 Å². The molecule has 20 heavy (non-hydrogen) atoms. The van der Waals surface area contributed by atoms with E-state index >= 15 is 0 Å². The lowest BCUT2D eigenvalue weighted by molar-refractivity contribution is 0.342. The van der Waals surface area contributed by atoms with Crippen molar-refractivity contribution in [2.45, 2.75) is 6.92 Å². The number of nitrogens with one attached hydrogen (secondary N) is 2. The van der Waals surface area contributed by atoms with E-state index in [9.17, 15) is 0 Å². The number of hydrogen-bond donors (Lipinski definition) is 2. The Morgan fingerprint density at radius 3 is 2.60 bits per heavy atom. The Balaban J connectivity index is 1.81. The number of para-hydroxylation sites is 2. The van der Waals surface area contributed by atoms with Crippen LogP contribution in [0.2, 0.25) is 5.02 Å². The molecule has 106 valence electrons. The number of rotatable bonds is 7. The molecule has 2 N–H and O–H groups in total. The fourth-order valence-electron chi connectivity index (χ4n) is 1.90. The van der Waals surface area contributed by atoms with Crippen LogP contribution in [0.25, 0.3) is 0 Å². The molecule has 2 rings (SSSR count). The molecule has 2 aromatic carbocycles. The summed E-state index contributed by atoms with van der Waals surface area (Å²) in [7, 11) is 0. The molecule has 0 amide bonds. The lowest BCUT2D eigenvalue weighted by Crippen LogP contribution is -2.14. The van der Waals surface area contributed by atoms with Crippen LogP contribution in [0.4, 0.5) is 11.4 Å². The molecular formula is C16H19ClN2O. The maximum absolute atomic E-state index is 5.94. The average Bonchev–Trinajstić information content (AvgIpc) is 2.46. The molecule has 0 unspecified atom stereocenters. The van der Waals surface area contributed by atoms with E-state index in [0.29, 0.717) is 6.61 Å². The van der Waals surface area contributed by atoms with Gasteiger partial charge in [-0.15, -0.1) is 0 Å². The fourth-order valence-corrected chi connectivity index (χ4v) is 2.09. The zero-order valence-corrected chi connectivity index (χ0v) is 12.3. The lowest BCUT2D eigenvalue weighted by atomic mass is 10.3. The van der Waals surface area contributed by atoms with Crippen LogP contribution in [-0.2, 0) is 0 Å². The molecule has 0 aliphatic carbocycles. The zero-order valence-electron chi connectivity index (χ0n) is 11.5. The lowest BCUT2D eigenvalue weighted by Gasteiger charge is -2.13. The first-order valence-corrected chi connectivity index (χ1v) is 7.12. The summed E-state index contributed by atoms with van der Waals surface area (Å²) in [4.78, 5) is 0. The molecule has 0 radical (unpaired) electrons. The van der Waals surface area contributed by atoms with Gasteiger partial charge in [-0.25, -0.2) is 0 Å². The first-order valence-electron chi connectivity index (χ1n) is 6.74. The monoisotopic (exact) mass is 290 g/mol. The van der Waals surface area contributed by atoms with Gasteiger partial charge in [0, 0.05) is 23.8 Å².